The molecule has 86 valence electrons. The molecule has 0 atom stereocenters. The number of hydrogen-bond acceptors (Lipinski definition) is 3. The van der Waals surface area contributed by atoms with Crippen molar-refractivity contribution in [1.29, 1.82) is 0 Å². The minimum absolute atomic E-state index is 0.523. The standard InChI is InChI=1S/C13H13N3O/c1-2-4-13-14-11-7-9-5-3-6-10(9)8-12(11)16(17)15-13/h2,7-8H,1,3-6H2. The van der Waals surface area contributed by atoms with E-state index < -0.39 is 0 Å². The summed E-state index contributed by atoms with van der Waals surface area (Å²) in [4.78, 5) is 5.08. The summed E-state index contributed by atoms with van der Waals surface area (Å²) in [5.74, 6) is 0.528. The molecule has 0 aliphatic heterocycles. The summed E-state index contributed by atoms with van der Waals surface area (Å²) in [6.45, 7) is 3.63. The van der Waals surface area contributed by atoms with Crippen LogP contribution in [0.5, 0.6) is 0 Å². The van der Waals surface area contributed by atoms with Gasteiger partial charge in [-0.15, -0.1) is 6.58 Å². The van der Waals surface area contributed by atoms with Crippen LogP contribution in [-0.2, 0) is 19.3 Å². The van der Waals surface area contributed by atoms with Crippen molar-refractivity contribution in [2.45, 2.75) is 25.7 Å². The number of aromatic nitrogens is 3. The first-order valence-corrected chi connectivity index (χ1v) is 5.81. The molecule has 4 heteroatoms. The molecule has 17 heavy (non-hydrogen) atoms. The van der Waals surface area contributed by atoms with Crippen LogP contribution >= 0.6 is 0 Å². The highest BCUT2D eigenvalue weighted by molar-refractivity contribution is 5.73. The Kier molecular flexibility index (Phi) is 2.28. The number of aryl methyl sites for hydroxylation is 2. The highest BCUT2D eigenvalue weighted by Gasteiger charge is 2.17. The third-order valence-corrected chi connectivity index (χ3v) is 3.18. The van der Waals surface area contributed by atoms with Crippen LogP contribution in [-0.4, -0.2) is 10.1 Å². The van der Waals surface area contributed by atoms with E-state index in [4.69, 9.17) is 0 Å². The van der Waals surface area contributed by atoms with Crippen molar-refractivity contribution in [2.24, 2.45) is 0 Å². The zero-order valence-electron chi connectivity index (χ0n) is 9.52. The van der Waals surface area contributed by atoms with E-state index in [-0.39, 0.29) is 0 Å². The number of nitrogens with zero attached hydrogens (tertiary/aromatic N) is 3. The normalized spacial score (nSPS) is 13.9. The number of hydrogen-bond donors (Lipinski definition) is 0. The van der Waals surface area contributed by atoms with Gasteiger partial charge in [0, 0.05) is 17.6 Å². The zero-order chi connectivity index (χ0) is 11.8. The Morgan fingerprint density at radius 3 is 2.88 bits per heavy atom. The molecular formula is C13H13N3O. The average Bonchev–Trinajstić information content (AvgIpc) is 2.74. The van der Waals surface area contributed by atoms with Crippen molar-refractivity contribution in [3.63, 3.8) is 0 Å². The fourth-order valence-corrected chi connectivity index (χ4v) is 2.38. The average molecular weight is 227 g/mol. The molecule has 3 rings (SSSR count). The van der Waals surface area contributed by atoms with Gasteiger partial charge in [0.15, 0.2) is 0 Å². The van der Waals surface area contributed by atoms with Gasteiger partial charge in [0.05, 0.1) is 0 Å². The van der Waals surface area contributed by atoms with Gasteiger partial charge in [-0.2, -0.15) is 0 Å². The third kappa shape index (κ3) is 1.65. The Balaban J connectivity index is 2.24. The van der Waals surface area contributed by atoms with Gasteiger partial charge in [-0.3, -0.25) is 0 Å². The van der Waals surface area contributed by atoms with E-state index >= 15 is 0 Å². The van der Waals surface area contributed by atoms with E-state index in [1.165, 1.54) is 11.1 Å². The lowest BCUT2D eigenvalue weighted by molar-refractivity contribution is -0.644. The lowest BCUT2D eigenvalue weighted by Gasteiger charge is -2.03. The van der Waals surface area contributed by atoms with E-state index in [9.17, 15) is 5.21 Å². The maximum absolute atomic E-state index is 11.8. The monoisotopic (exact) mass is 227 g/mol. The molecular weight excluding hydrogens is 214 g/mol. The molecule has 1 aliphatic carbocycles. The molecule has 0 radical (unpaired) electrons. The van der Waals surface area contributed by atoms with Crippen molar-refractivity contribution in [2.75, 3.05) is 0 Å². The lowest BCUT2D eigenvalue weighted by atomic mass is 10.1. The fraction of sp³-hybridized carbons (Fsp3) is 0.308. The zero-order valence-corrected chi connectivity index (χ0v) is 9.52. The van der Waals surface area contributed by atoms with Crippen LogP contribution in [0.15, 0.2) is 24.8 Å². The minimum Gasteiger partial charge on any atom is -0.594 e. The molecule has 0 saturated carbocycles. The van der Waals surface area contributed by atoms with Crippen LogP contribution in [0.25, 0.3) is 11.0 Å². The molecule has 0 amide bonds. The molecule has 0 N–H and O–H groups in total. The first-order valence-electron chi connectivity index (χ1n) is 5.81. The number of fused-ring (bicyclic) bond motifs is 2. The second-order valence-corrected chi connectivity index (χ2v) is 4.36. The van der Waals surface area contributed by atoms with Crippen LogP contribution in [0.2, 0.25) is 0 Å². The fourth-order valence-electron chi connectivity index (χ4n) is 2.38. The Morgan fingerprint density at radius 2 is 2.12 bits per heavy atom. The van der Waals surface area contributed by atoms with Crippen molar-refractivity contribution in [1.82, 2.24) is 10.1 Å². The van der Waals surface area contributed by atoms with Gasteiger partial charge >= 0.3 is 0 Å². The Hall–Kier alpha value is -1.97. The number of allylic oxidation sites excluding steroid dienone is 1. The topological polar surface area (TPSA) is 52.7 Å². The predicted molar refractivity (Wildman–Crippen MR) is 64.4 cm³/mol. The SMILES string of the molecule is C=CCc1nc2cc3c(cc2[n+]([O-])n1)CCC3. The molecule has 0 unspecified atom stereocenters. The van der Waals surface area contributed by atoms with Gasteiger partial charge in [-0.25, -0.2) is 4.98 Å². The summed E-state index contributed by atoms with van der Waals surface area (Å²) < 4.78 is 0. The number of rotatable bonds is 2. The Bertz CT molecular complexity index is 607. The summed E-state index contributed by atoms with van der Waals surface area (Å²) in [6.07, 6.45) is 5.53. The van der Waals surface area contributed by atoms with Crippen molar-refractivity contribution < 1.29 is 4.85 Å². The predicted octanol–water partition coefficient (Wildman–Crippen LogP) is 1.48. The minimum atomic E-state index is 0.523. The molecule has 1 aromatic heterocycles. The largest absolute Gasteiger partial charge is 0.594 e. The van der Waals surface area contributed by atoms with Crippen LogP contribution in [0, 0.1) is 5.21 Å². The third-order valence-electron chi connectivity index (χ3n) is 3.18. The van der Waals surface area contributed by atoms with E-state index in [2.05, 4.69) is 16.7 Å². The molecule has 4 nitrogen and oxygen atoms in total. The molecule has 1 heterocycles. The van der Waals surface area contributed by atoms with Crippen molar-refractivity contribution in [3.05, 3.63) is 46.9 Å². The molecule has 0 bridgehead atoms. The van der Waals surface area contributed by atoms with Crippen molar-refractivity contribution in [3.8, 4) is 0 Å². The first kappa shape index (κ1) is 10.2. The van der Waals surface area contributed by atoms with Gasteiger partial charge in [-0.1, -0.05) is 6.08 Å². The highest BCUT2D eigenvalue weighted by Crippen LogP contribution is 2.24. The Morgan fingerprint density at radius 1 is 1.35 bits per heavy atom. The smallest absolute Gasteiger partial charge is 0.270 e. The van der Waals surface area contributed by atoms with E-state index in [0.717, 1.165) is 24.8 Å². The molecule has 2 aromatic rings. The Labute approximate surface area is 99.2 Å². The van der Waals surface area contributed by atoms with Crippen LogP contribution in [0.3, 0.4) is 0 Å². The summed E-state index contributed by atoms with van der Waals surface area (Å²) in [5.41, 5.74) is 3.90. The second kappa shape index (κ2) is 3.80. The molecule has 0 spiro atoms. The molecule has 1 aliphatic rings. The van der Waals surface area contributed by atoms with Crippen LogP contribution < -0.4 is 4.85 Å². The maximum atomic E-state index is 11.8. The van der Waals surface area contributed by atoms with Gasteiger partial charge in [0.1, 0.15) is 5.52 Å². The van der Waals surface area contributed by atoms with Crippen molar-refractivity contribution >= 4 is 11.0 Å². The first-order chi connectivity index (χ1) is 8.28. The van der Waals surface area contributed by atoms with Gasteiger partial charge in [-0.05, 0) is 41.3 Å². The van der Waals surface area contributed by atoms with Crippen LogP contribution in [0.4, 0.5) is 0 Å². The van der Waals surface area contributed by atoms with Gasteiger partial charge in [0.2, 0.25) is 5.82 Å². The van der Waals surface area contributed by atoms with Gasteiger partial charge in [0.25, 0.3) is 5.52 Å². The summed E-state index contributed by atoms with van der Waals surface area (Å²) >= 11 is 0. The molecule has 0 fully saturated rings. The van der Waals surface area contributed by atoms with E-state index in [1.54, 1.807) is 6.08 Å². The lowest BCUT2D eigenvalue weighted by Crippen LogP contribution is -2.34. The van der Waals surface area contributed by atoms with E-state index in [0.29, 0.717) is 22.6 Å². The van der Waals surface area contributed by atoms with Crippen LogP contribution in [0.1, 0.15) is 23.4 Å². The summed E-state index contributed by atoms with van der Waals surface area (Å²) in [6, 6.07) is 3.96. The summed E-state index contributed by atoms with van der Waals surface area (Å²) in [5, 5.41) is 15.7. The quantitative estimate of drug-likeness (QED) is 0.443. The maximum Gasteiger partial charge on any atom is 0.270 e. The molecule has 0 saturated heterocycles. The summed E-state index contributed by atoms with van der Waals surface area (Å²) in [7, 11) is 0. The van der Waals surface area contributed by atoms with Gasteiger partial charge < -0.3 is 5.21 Å². The van der Waals surface area contributed by atoms with E-state index in [1.807, 2.05) is 12.1 Å². The number of benzene rings is 1. The molecule has 1 aromatic carbocycles. The highest BCUT2D eigenvalue weighted by atomic mass is 16.5. The second-order valence-electron chi connectivity index (χ2n) is 4.36.